The lowest BCUT2D eigenvalue weighted by molar-refractivity contribution is -0.277. The van der Waals surface area contributed by atoms with Crippen LogP contribution in [0.4, 0.5) is 0 Å². The van der Waals surface area contributed by atoms with Gasteiger partial charge in [0.15, 0.2) is 28.4 Å². The van der Waals surface area contributed by atoms with Crippen molar-refractivity contribution in [3.8, 4) is 34.3 Å². The maximum atomic E-state index is 12.4. The van der Waals surface area contributed by atoms with Crippen molar-refractivity contribution < 1.29 is 63.2 Å². The topological polar surface area (TPSA) is 219 Å². The number of carboxylic acid groups (broad SMARTS) is 1. The number of carbonyl (C=O) groups is 1. The first kappa shape index (κ1) is 27.2. The molecule has 1 fully saturated rings. The molecule has 0 amide bonds. The number of carboxylic acids is 1. The van der Waals surface area contributed by atoms with E-state index in [0.29, 0.717) is 0 Å². The zero-order chi connectivity index (χ0) is 28.9. The molecular formula is C26H24O14. The van der Waals surface area contributed by atoms with Crippen LogP contribution >= 0.6 is 0 Å². The lowest BCUT2D eigenvalue weighted by Gasteiger charge is -2.39. The van der Waals surface area contributed by atoms with Gasteiger partial charge in [-0.3, -0.25) is 4.79 Å². The van der Waals surface area contributed by atoms with Gasteiger partial charge in [0.25, 0.3) is 0 Å². The maximum absolute atomic E-state index is 12.4. The Kier molecular flexibility index (Phi) is 7.03. The first-order valence-corrected chi connectivity index (χ1v) is 11.8. The van der Waals surface area contributed by atoms with Gasteiger partial charge >= 0.3 is 5.97 Å². The minimum atomic E-state index is -1.83. The fourth-order valence-corrected chi connectivity index (χ4v) is 4.52. The molecular weight excluding hydrogens is 536 g/mol. The summed E-state index contributed by atoms with van der Waals surface area (Å²) in [7, 11) is 2.58. The second kappa shape index (κ2) is 10.3. The zero-order valence-electron chi connectivity index (χ0n) is 20.9. The minimum absolute atomic E-state index is 0.0275. The number of benzene rings is 2. The fourth-order valence-electron chi connectivity index (χ4n) is 4.52. The number of methoxy groups -OCH3 is 2. The predicted molar refractivity (Wildman–Crippen MR) is 134 cm³/mol. The Balaban J connectivity index is 1.84. The molecule has 0 saturated carbocycles. The number of phenols is 1. The second-order valence-corrected chi connectivity index (χ2v) is 8.93. The Morgan fingerprint density at radius 1 is 0.925 bits per heavy atom. The van der Waals surface area contributed by atoms with Gasteiger partial charge in [0.1, 0.15) is 35.6 Å². The maximum Gasteiger partial charge on any atom is 0.371 e. The Bertz CT molecular complexity index is 1630. The van der Waals surface area contributed by atoms with E-state index in [1.807, 2.05) is 0 Å². The van der Waals surface area contributed by atoms with Gasteiger partial charge in [-0.25, -0.2) is 4.79 Å². The standard InChI is InChI=1S/C26H24O14/c1-35-14-3-9(4-15(36-2)19(14)29)23-24(40-26-22(32)21(31)20(30)17(8-27)39-26)11-7-16(25(33)34)37-12-5-10(28)6-13(38-23)18(11)12/h3-7,17,20-22,26-27,29-32H,8H2,1-2H3,(H,33,34)/t17-,20-,21?,22?,26-/m1/s1. The molecule has 14 heteroatoms. The Morgan fingerprint density at radius 2 is 1.55 bits per heavy atom. The Hall–Kier alpha value is -4.34. The first-order chi connectivity index (χ1) is 19.1. The molecule has 40 heavy (non-hydrogen) atoms. The van der Waals surface area contributed by atoms with Crippen molar-refractivity contribution in [2.45, 2.75) is 30.7 Å². The molecule has 2 unspecified atom stereocenters. The summed E-state index contributed by atoms with van der Waals surface area (Å²) < 4.78 is 33.4. The van der Waals surface area contributed by atoms with Gasteiger partial charge in [0.05, 0.1) is 26.2 Å². The van der Waals surface area contributed by atoms with Crippen LogP contribution in [0.3, 0.4) is 0 Å². The number of rotatable bonds is 7. The Labute approximate surface area is 223 Å². The van der Waals surface area contributed by atoms with Crippen LogP contribution in [0, 0.1) is 0 Å². The summed E-state index contributed by atoms with van der Waals surface area (Å²) in [5, 5.41) is 61.0. The van der Waals surface area contributed by atoms with Crippen molar-refractivity contribution in [3.05, 3.63) is 46.3 Å². The summed E-state index contributed by atoms with van der Waals surface area (Å²) in [6.07, 6.45) is -8.30. The van der Waals surface area contributed by atoms with E-state index in [2.05, 4.69) is 0 Å². The second-order valence-electron chi connectivity index (χ2n) is 8.93. The van der Waals surface area contributed by atoms with Gasteiger partial charge in [-0.1, -0.05) is 0 Å². The molecule has 0 radical (unpaired) electrons. The summed E-state index contributed by atoms with van der Waals surface area (Å²) in [6.45, 7) is -0.730. The number of hydrogen-bond acceptors (Lipinski definition) is 13. The van der Waals surface area contributed by atoms with Crippen LogP contribution in [0.5, 0.6) is 23.0 Å². The van der Waals surface area contributed by atoms with Crippen LogP contribution < -0.4 is 19.6 Å². The van der Waals surface area contributed by atoms with Gasteiger partial charge in [-0.05, 0) is 12.1 Å². The highest BCUT2D eigenvalue weighted by molar-refractivity contribution is 6.11. The van der Waals surface area contributed by atoms with Crippen molar-refractivity contribution >= 4 is 27.9 Å². The van der Waals surface area contributed by atoms with E-state index in [4.69, 9.17) is 27.8 Å². The molecule has 3 heterocycles. The third-order valence-electron chi connectivity index (χ3n) is 6.50. The predicted octanol–water partition coefficient (Wildman–Crippen LogP) is 0.806. The van der Waals surface area contributed by atoms with E-state index in [1.165, 1.54) is 26.4 Å². The molecule has 1 aliphatic heterocycles. The fraction of sp³-hybridized carbons (Fsp3) is 0.308. The number of hydrogen-bond donors (Lipinski definition) is 6. The SMILES string of the molecule is COc1cc(-c2oc3cc(=O)cc4oc(C(=O)O)cc(c2O[C@H]2O[C@H](CO)[C@@H](O)C(O)C2O)c43)cc(OC)c1O. The monoisotopic (exact) mass is 560 g/mol. The van der Waals surface area contributed by atoms with E-state index < -0.39 is 54.5 Å². The number of aromatic hydroxyl groups is 1. The zero-order valence-corrected chi connectivity index (χ0v) is 20.9. The molecule has 6 N–H and O–H groups in total. The van der Waals surface area contributed by atoms with Crippen LogP contribution in [0.1, 0.15) is 10.6 Å². The lowest BCUT2D eigenvalue weighted by Crippen LogP contribution is -2.60. The van der Waals surface area contributed by atoms with Gasteiger partial charge in [-0.2, -0.15) is 0 Å². The van der Waals surface area contributed by atoms with Crippen molar-refractivity contribution in [2.75, 3.05) is 20.8 Å². The van der Waals surface area contributed by atoms with Crippen molar-refractivity contribution in [1.29, 1.82) is 0 Å². The van der Waals surface area contributed by atoms with Gasteiger partial charge in [0.2, 0.25) is 17.8 Å². The average Bonchev–Trinajstić information content (AvgIpc) is 2.93. The van der Waals surface area contributed by atoms with Crippen molar-refractivity contribution in [1.82, 2.24) is 0 Å². The number of aromatic carboxylic acids is 1. The number of phenolic OH excluding ortho intramolecular Hbond substituents is 1. The Morgan fingerprint density at radius 3 is 2.12 bits per heavy atom. The molecule has 14 nitrogen and oxygen atoms in total. The van der Waals surface area contributed by atoms with Crippen LogP contribution in [0.25, 0.3) is 33.3 Å². The van der Waals surface area contributed by atoms with Crippen molar-refractivity contribution in [2.24, 2.45) is 0 Å². The smallest absolute Gasteiger partial charge is 0.371 e. The van der Waals surface area contributed by atoms with Crippen LogP contribution in [0.15, 0.2) is 44.0 Å². The molecule has 212 valence electrons. The minimum Gasteiger partial charge on any atom is -0.502 e. The summed E-state index contributed by atoms with van der Waals surface area (Å²) in [4.78, 5) is 24.3. The number of ether oxygens (including phenoxy) is 4. The molecule has 0 bridgehead atoms. The lowest BCUT2D eigenvalue weighted by atomic mass is 9.99. The summed E-state index contributed by atoms with van der Waals surface area (Å²) in [5.74, 6) is -2.86. The van der Waals surface area contributed by atoms with Crippen molar-refractivity contribution in [3.63, 3.8) is 0 Å². The van der Waals surface area contributed by atoms with E-state index in [-0.39, 0.29) is 56.3 Å². The molecule has 0 spiro atoms. The van der Waals surface area contributed by atoms with Crippen LogP contribution in [0.2, 0.25) is 0 Å². The molecule has 2 aromatic heterocycles. The largest absolute Gasteiger partial charge is 0.502 e. The van der Waals surface area contributed by atoms with Gasteiger partial charge < -0.3 is 58.4 Å². The normalized spacial score (nSPS) is 22.9. The first-order valence-electron chi connectivity index (χ1n) is 11.8. The quantitative estimate of drug-likeness (QED) is 0.184. The highest BCUT2D eigenvalue weighted by Gasteiger charge is 2.45. The summed E-state index contributed by atoms with van der Waals surface area (Å²) in [6, 6.07) is 5.99. The molecule has 5 atom stereocenters. The van der Waals surface area contributed by atoms with Gasteiger partial charge in [0, 0.05) is 29.1 Å². The van der Waals surface area contributed by atoms with E-state index in [1.54, 1.807) is 0 Å². The molecule has 4 aromatic rings. The number of aliphatic hydroxyl groups is 4. The third kappa shape index (κ3) is 4.47. The van der Waals surface area contributed by atoms with E-state index in [0.717, 1.165) is 18.2 Å². The third-order valence-corrected chi connectivity index (χ3v) is 6.50. The summed E-state index contributed by atoms with van der Waals surface area (Å²) in [5.41, 5.74) is -0.579. The number of aliphatic hydroxyl groups excluding tert-OH is 4. The van der Waals surface area contributed by atoms with Gasteiger partial charge in [-0.15, -0.1) is 0 Å². The average molecular weight is 560 g/mol. The van der Waals surface area contributed by atoms with E-state index >= 15 is 0 Å². The van der Waals surface area contributed by atoms with Crippen LogP contribution in [-0.4, -0.2) is 88.1 Å². The molecule has 0 aliphatic carbocycles. The molecule has 1 aliphatic rings. The highest BCUT2D eigenvalue weighted by Crippen LogP contribution is 2.47. The highest BCUT2D eigenvalue weighted by atomic mass is 16.7. The molecule has 1 saturated heterocycles. The molecule has 2 aromatic carbocycles. The van der Waals surface area contributed by atoms with Crippen LogP contribution in [-0.2, 0) is 4.74 Å². The van der Waals surface area contributed by atoms with E-state index in [9.17, 15) is 40.2 Å². The summed E-state index contributed by atoms with van der Waals surface area (Å²) >= 11 is 0. The molecule has 5 rings (SSSR count).